The van der Waals surface area contributed by atoms with Crippen molar-refractivity contribution in [1.82, 2.24) is 15.1 Å². The van der Waals surface area contributed by atoms with Crippen LogP contribution >= 0.6 is 0 Å². The van der Waals surface area contributed by atoms with Gasteiger partial charge >= 0.3 is 0 Å². The average Bonchev–Trinajstić information content (AvgIpc) is 2.84. The van der Waals surface area contributed by atoms with Crippen molar-refractivity contribution in [2.45, 2.75) is 84.7 Å². The summed E-state index contributed by atoms with van der Waals surface area (Å²) in [7, 11) is 0. The molecule has 36 heavy (non-hydrogen) atoms. The van der Waals surface area contributed by atoms with Gasteiger partial charge < -0.3 is 30.7 Å². The zero-order valence-corrected chi connectivity index (χ0v) is 22.5. The van der Waals surface area contributed by atoms with Crippen molar-refractivity contribution in [3.8, 4) is 5.75 Å². The fourth-order valence-electron chi connectivity index (χ4n) is 3.97. The number of carbonyl (C=O) groups excluding carboxylic acids is 2. The summed E-state index contributed by atoms with van der Waals surface area (Å²) in [4.78, 5) is 33.0. The number of benzene rings is 1. The van der Waals surface area contributed by atoms with Crippen LogP contribution in [0.15, 0.2) is 23.2 Å². The smallest absolute Gasteiger partial charge is 0.240 e. The van der Waals surface area contributed by atoms with E-state index in [1.54, 1.807) is 9.80 Å². The minimum atomic E-state index is -0.275. The van der Waals surface area contributed by atoms with Gasteiger partial charge in [-0.3, -0.25) is 9.59 Å². The van der Waals surface area contributed by atoms with E-state index in [4.69, 9.17) is 10.5 Å². The molecule has 1 aliphatic heterocycles. The van der Waals surface area contributed by atoms with E-state index >= 15 is 0 Å². The Labute approximate surface area is 216 Å². The largest absolute Gasteiger partial charge is 0.494 e. The highest BCUT2D eigenvalue weighted by molar-refractivity contribution is 5.88. The number of aliphatic hydroxyl groups is 1. The Kier molecular flexibility index (Phi) is 12.0. The van der Waals surface area contributed by atoms with Gasteiger partial charge in [-0.25, -0.2) is 4.99 Å². The lowest BCUT2D eigenvalue weighted by atomic mass is 10.0. The number of aliphatic imine (C=N–C) groups is 1. The zero-order valence-electron chi connectivity index (χ0n) is 22.5. The first kappa shape index (κ1) is 29.4. The maximum absolute atomic E-state index is 12.6. The molecule has 1 aliphatic rings. The van der Waals surface area contributed by atoms with Crippen LogP contribution in [0.2, 0.25) is 0 Å². The molecule has 1 heterocycles. The lowest BCUT2D eigenvalue weighted by Crippen LogP contribution is -2.50. The number of hydrogen-bond acceptors (Lipinski definition) is 7. The summed E-state index contributed by atoms with van der Waals surface area (Å²) in [6.45, 7) is 10.2. The van der Waals surface area contributed by atoms with Crippen molar-refractivity contribution >= 4 is 23.5 Å². The quantitative estimate of drug-likeness (QED) is 0.298. The van der Waals surface area contributed by atoms with E-state index in [2.05, 4.69) is 17.2 Å². The molecule has 9 heteroatoms. The molecule has 0 bridgehead atoms. The van der Waals surface area contributed by atoms with Crippen LogP contribution in [0.25, 0.3) is 0 Å². The zero-order chi connectivity index (χ0) is 26.6. The molecule has 0 aliphatic carbocycles. The van der Waals surface area contributed by atoms with Gasteiger partial charge in [0.15, 0.2) is 5.96 Å². The fourth-order valence-corrected chi connectivity index (χ4v) is 3.97. The predicted octanol–water partition coefficient (Wildman–Crippen LogP) is 3.31. The number of amides is 2. The molecule has 0 fully saturated rings. The Hall–Kier alpha value is -2.81. The van der Waals surface area contributed by atoms with E-state index in [1.165, 1.54) is 0 Å². The molecule has 0 unspecified atom stereocenters. The van der Waals surface area contributed by atoms with Crippen LogP contribution in [-0.4, -0.2) is 71.1 Å². The molecule has 0 atom stereocenters. The number of aliphatic hydroxyl groups excluding tert-OH is 1. The normalized spacial score (nSPS) is 13.1. The number of unbranched alkanes of at least 4 members (excludes halogenated alkanes) is 3. The van der Waals surface area contributed by atoms with Crippen LogP contribution < -0.4 is 15.8 Å². The monoisotopic (exact) mass is 503 g/mol. The van der Waals surface area contributed by atoms with Crippen LogP contribution in [0.1, 0.15) is 78.2 Å². The molecule has 9 nitrogen and oxygen atoms in total. The van der Waals surface area contributed by atoms with E-state index in [0.29, 0.717) is 50.8 Å². The Morgan fingerprint density at radius 2 is 1.97 bits per heavy atom. The van der Waals surface area contributed by atoms with Gasteiger partial charge in [0.05, 0.1) is 18.9 Å². The van der Waals surface area contributed by atoms with Crippen LogP contribution in [-0.2, 0) is 16.1 Å². The maximum Gasteiger partial charge on any atom is 0.240 e. The fraction of sp³-hybridized carbons (Fsp3) is 0.667. The number of carbonyl (C=O) groups is 2. The number of guanidine groups is 1. The van der Waals surface area contributed by atoms with Crippen molar-refractivity contribution < 1.29 is 19.4 Å². The van der Waals surface area contributed by atoms with E-state index in [0.717, 1.165) is 43.4 Å². The highest BCUT2D eigenvalue weighted by atomic mass is 16.5. The molecular weight excluding hydrogens is 458 g/mol. The summed E-state index contributed by atoms with van der Waals surface area (Å²) in [5.41, 5.74) is 7.53. The van der Waals surface area contributed by atoms with Crippen LogP contribution in [0.4, 0.5) is 5.69 Å². The molecule has 0 spiro atoms. The first-order valence-electron chi connectivity index (χ1n) is 13.2. The molecule has 0 saturated carbocycles. The molecular formula is C27H45N5O4. The standard InChI is InChI=1S/C27H45N5O4/c1-5-7-8-9-14-31(15-16-33)25(35)11-10-17-36-22-12-13-23-21(18-22)19-32(26(28)29-23)20-24(34)30-27(3,4)6-2/h12-13,18,33H,5-11,14-17,19-20H2,1-4H3,(H2,28,29)(H,30,34). The molecule has 0 saturated heterocycles. The second-order valence-corrected chi connectivity index (χ2v) is 10.0. The molecule has 2 rings (SSSR count). The van der Waals surface area contributed by atoms with Crippen molar-refractivity contribution in [3.63, 3.8) is 0 Å². The van der Waals surface area contributed by atoms with Gasteiger partial charge in [0, 0.05) is 37.2 Å². The molecule has 0 radical (unpaired) electrons. The molecule has 0 aromatic heterocycles. The third-order valence-electron chi connectivity index (χ3n) is 6.48. The van der Waals surface area contributed by atoms with E-state index in [9.17, 15) is 14.7 Å². The SMILES string of the molecule is CCCCCCN(CCO)C(=O)CCCOc1ccc2c(c1)CN(CC(=O)NC(C)(C)CC)C(N)=N2. The lowest BCUT2D eigenvalue weighted by Gasteiger charge is -2.30. The first-order chi connectivity index (χ1) is 17.2. The molecule has 1 aromatic carbocycles. The van der Waals surface area contributed by atoms with E-state index in [-0.39, 0.29) is 30.5 Å². The average molecular weight is 504 g/mol. The van der Waals surface area contributed by atoms with Crippen molar-refractivity contribution in [2.75, 3.05) is 32.8 Å². The van der Waals surface area contributed by atoms with Gasteiger partial charge in [-0.15, -0.1) is 0 Å². The summed E-state index contributed by atoms with van der Waals surface area (Å²) in [5, 5.41) is 12.3. The van der Waals surface area contributed by atoms with Gasteiger partial charge in [0.25, 0.3) is 0 Å². The predicted molar refractivity (Wildman–Crippen MR) is 143 cm³/mol. The Morgan fingerprint density at radius 3 is 2.67 bits per heavy atom. The molecule has 1 aromatic rings. The second-order valence-electron chi connectivity index (χ2n) is 10.0. The number of rotatable bonds is 16. The molecule has 202 valence electrons. The van der Waals surface area contributed by atoms with Gasteiger partial charge in [0.1, 0.15) is 12.3 Å². The maximum atomic E-state index is 12.6. The summed E-state index contributed by atoms with van der Waals surface area (Å²) in [5.74, 6) is 0.974. The minimum Gasteiger partial charge on any atom is -0.494 e. The highest BCUT2D eigenvalue weighted by Crippen LogP contribution is 2.29. The first-order valence-corrected chi connectivity index (χ1v) is 13.2. The summed E-state index contributed by atoms with van der Waals surface area (Å²) < 4.78 is 5.90. The van der Waals surface area contributed by atoms with Crippen LogP contribution in [0, 0.1) is 0 Å². The third kappa shape index (κ3) is 9.68. The Bertz CT molecular complexity index is 887. The number of ether oxygens (including phenoxy) is 1. The Morgan fingerprint density at radius 1 is 1.19 bits per heavy atom. The van der Waals surface area contributed by atoms with E-state index in [1.807, 2.05) is 39.0 Å². The minimum absolute atomic E-state index is 0.0207. The van der Waals surface area contributed by atoms with Crippen molar-refractivity contribution in [1.29, 1.82) is 0 Å². The summed E-state index contributed by atoms with van der Waals surface area (Å²) in [6, 6.07) is 5.62. The second kappa shape index (κ2) is 14.7. The van der Waals surface area contributed by atoms with Crippen molar-refractivity contribution in [2.24, 2.45) is 10.7 Å². The number of nitrogens with zero attached hydrogens (tertiary/aromatic N) is 3. The van der Waals surface area contributed by atoms with E-state index < -0.39 is 0 Å². The molecule has 2 amide bonds. The highest BCUT2D eigenvalue weighted by Gasteiger charge is 2.24. The third-order valence-corrected chi connectivity index (χ3v) is 6.48. The van der Waals surface area contributed by atoms with Crippen LogP contribution in [0.5, 0.6) is 5.75 Å². The number of fused-ring (bicyclic) bond motifs is 1. The van der Waals surface area contributed by atoms with Crippen LogP contribution in [0.3, 0.4) is 0 Å². The van der Waals surface area contributed by atoms with Crippen molar-refractivity contribution in [3.05, 3.63) is 23.8 Å². The van der Waals surface area contributed by atoms with Gasteiger partial charge in [0.2, 0.25) is 11.8 Å². The van der Waals surface area contributed by atoms with Gasteiger partial charge in [-0.2, -0.15) is 0 Å². The molecule has 4 N–H and O–H groups in total. The topological polar surface area (TPSA) is 120 Å². The number of nitrogens with two attached hydrogens (primary N) is 1. The summed E-state index contributed by atoms with van der Waals surface area (Å²) >= 11 is 0. The van der Waals surface area contributed by atoms with Gasteiger partial charge in [-0.05, 0) is 51.3 Å². The van der Waals surface area contributed by atoms with Gasteiger partial charge in [-0.1, -0.05) is 33.1 Å². The summed E-state index contributed by atoms with van der Waals surface area (Å²) in [6.07, 6.45) is 6.19. The lowest BCUT2D eigenvalue weighted by molar-refractivity contribution is -0.132. The number of nitrogens with one attached hydrogen (secondary N) is 1. The Balaban J connectivity index is 1.85. The number of hydrogen-bond donors (Lipinski definition) is 3.